The zero-order chi connectivity index (χ0) is 16.4. The zero-order valence-electron chi connectivity index (χ0n) is 14.0. The van der Waals surface area contributed by atoms with Gasteiger partial charge in [-0.3, -0.25) is 4.79 Å². The van der Waals surface area contributed by atoms with Crippen molar-refractivity contribution in [2.24, 2.45) is 11.7 Å². The lowest BCUT2D eigenvalue weighted by Crippen LogP contribution is -2.49. The molecule has 0 saturated carbocycles. The van der Waals surface area contributed by atoms with Crippen LogP contribution in [-0.4, -0.2) is 41.0 Å². The quantitative estimate of drug-likeness (QED) is 0.862. The number of carbonyl (C=O) groups is 1. The minimum absolute atomic E-state index is 0. The minimum Gasteiger partial charge on any atom is -0.355 e. The number of hydrogen-bond donors (Lipinski definition) is 2. The first-order valence-electron chi connectivity index (χ1n) is 7.94. The van der Waals surface area contributed by atoms with Crippen molar-refractivity contribution >= 4 is 45.7 Å². The number of aromatic nitrogens is 2. The maximum atomic E-state index is 12.4. The molecule has 2 aromatic heterocycles. The van der Waals surface area contributed by atoms with Gasteiger partial charge in [-0.1, -0.05) is 0 Å². The SMILES string of the molecule is CC(C)(N)CNC(=O)C1CCCN(c2ncnc3sccc23)C1.Cl. The number of anilines is 1. The Bertz CT molecular complexity index is 699. The van der Waals surface area contributed by atoms with Gasteiger partial charge in [0.15, 0.2) is 0 Å². The number of piperidine rings is 1. The molecule has 1 saturated heterocycles. The summed E-state index contributed by atoms with van der Waals surface area (Å²) in [5.74, 6) is 1.01. The number of fused-ring (bicyclic) bond motifs is 1. The Morgan fingerprint density at radius 1 is 1.50 bits per heavy atom. The average molecular weight is 370 g/mol. The van der Waals surface area contributed by atoms with Crippen LogP contribution in [0.1, 0.15) is 26.7 Å². The van der Waals surface area contributed by atoms with Crippen LogP contribution in [0.3, 0.4) is 0 Å². The number of thiophene rings is 1. The van der Waals surface area contributed by atoms with Gasteiger partial charge < -0.3 is 16.0 Å². The van der Waals surface area contributed by atoms with Crippen molar-refractivity contribution in [2.45, 2.75) is 32.2 Å². The molecular formula is C16H24ClN5OS. The number of halogens is 1. The Kier molecular flexibility index (Phi) is 6.01. The summed E-state index contributed by atoms with van der Waals surface area (Å²) in [5, 5.41) is 6.07. The molecule has 3 rings (SSSR count). The van der Waals surface area contributed by atoms with Crippen molar-refractivity contribution < 1.29 is 4.79 Å². The van der Waals surface area contributed by atoms with Crippen LogP contribution in [0.2, 0.25) is 0 Å². The molecule has 1 amide bonds. The van der Waals surface area contributed by atoms with E-state index in [9.17, 15) is 4.79 Å². The highest BCUT2D eigenvalue weighted by Gasteiger charge is 2.28. The van der Waals surface area contributed by atoms with Gasteiger partial charge in [-0.15, -0.1) is 23.7 Å². The third-order valence-corrected chi connectivity index (χ3v) is 4.87. The minimum atomic E-state index is -0.389. The van der Waals surface area contributed by atoms with Crippen LogP contribution < -0.4 is 16.0 Å². The second kappa shape index (κ2) is 7.63. The van der Waals surface area contributed by atoms with E-state index in [-0.39, 0.29) is 29.8 Å². The Balaban J connectivity index is 0.00000208. The predicted molar refractivity (Wildman–Crippen MR) is 101 cm³/mol. The second-order valence-corrected chi connectivity index (χ2v) is 7.72. The largest absolute Gasteiger partial charge is 0.355 e. The molecule has 8 heteroatoms. The summed E-state index contributed by atoms with van der Waals surface area (Å²) in [4.78, 5) is 24.4. The molecule has 1 aliphatic rings. The number of nitrogens with one attached hydrogen (secondary N) is 1. The highest BCUT2D eigenvalue weighted by Crippen LogP contribution is 2.29. The topological polar surface area (TPSA) is 84.1 Å². The first-order valence-corrected chi connectivity index (χ1v) is 8.82. The molecule has 1 unspecified atom stereocenters. The number of rotatable bonds is 4. The van der Waals surface area contributed by atoms with E-state index in [0.717, 1.165) is 35.4 Å². The number of carbonyl (C=O) groups excluding carboxylic acids is 1. The van der Waals surface area contributed by atoms with E-state index in [4.69, 9.17) is 5.73 Å². The smallest absolute Gasteiger partial charge is 0.224 e. The molecule has 0 spiro atoms. The molecule has 6 nitrogen and oxygen atoms in total. The van der Waals surface area contributed by atoms with Gasteiger partial charge >= 0.3 is 0 Å². The maximum Gasteiger partial charge on any atom is 0.224 e. The summed E-state index contributed by atoms with van der Waals surface area (Å²) in [5.41, 5.74) is 5.55. The van der Waals surface area contributed by atoms with E-state index in [2.05, 4.69) is 26.3 Å². The van der Waals surface area contributed by atoms with Gasteiger partial charge in [0, 0.05) is 25.2 Å². The van der Waals surface area contributed by atoms with E-state index in [1.54, 1.807) is 17.7 Å². The van der Waals surface area contributed by atoms with Crippen molar-refractivity contribution in [1.29, 1.82) is 0 Å². The summed E-state index contributed by atoms with van der Waals surface area (Å²) >= 11 is 1.61. The van der Waals surface area contributed by atoms with Crippen LogP contribution in [0.15, 0.2) is 17.8 Å². The summed E-state index contributed by atoms with van der Waals surface area (Å²) < 4.78 is 0. The van der Waals surface area contributed by atoms with E-state index in [1.807, 2.05) is 19.2 Å². The van der Waals surface area contributed by atoms with Gasteiger partial charge in [0.2, 0.25) is 5.91 Å². The summed E-state index contributed by atoms with van der Waals surface area (Å²) in [7, 11) is 0. The van der Waals surface area contributed by atoms with E-state index < -0.39 is 0 Å². The molecule has 3 N–H and O–H groups in total. The van der Waals surface area contributed by atoms with Gasteiger partial charge in [-0.25, -0.2) is 9.97 Å². The molecule has 0 radical (unpaired) electrons. The molecule has 1 atom stereocenters. The fourth-order valence-corrected chi connectivity index (χ4v) is 3.60. The Labute approximate surface area is 152 Å². The Morgan fingerprint density at radius 2 is 2.29 bits per heavy atom. The van der Waals surface area contributed by atoms with Crippen LogP contribution in [0, 0.1) is 5.92 Å². The average Bonchev–Trinajstić information content (AvgIpc) is 3.00. The second-order valence-electron chi connectivity index (χ2n) is 6.83. The van der Waals surface area contributed by atoms with Crippen LogP contribution >= 0.6 is 23.7 Å². The van der Waals surface area contributed by atoms with Gasteiger partial charge in [0.25, 0.3) is 0 Å². The molecular weight excluding hydrogens is 346 g/mol. The highest BCUT2D eigenvalue weighted by atomic mass is 35.5. The maximum absolute atomic E-state index is 12.4. The highest BCUT2D eigenvalue weighted by molar-refractivity contribution is 7.16. The standard InChI is InChI=1S/C16H23N5OS.ClH/c1-16(2,17)9-18-14(22)11-4-3-6-21(8-11)13-12-5-7-23-15(12)20-10-19-13;/h5,7,10-11H,3-4,6,8-9,17H2,1-2H3,(H,18,22);1H. The zero-order valence-corrected chi connectivity index (χ0v) is 15.6. The lowest BCUT2D eigenvalue weighted by atomic mass is 9.96. The molecule has 0 bridgehead atoms. The third kappa shape index (κ3) is 4.34. The van der Waals surface area contributed by atoms with Gasteiger partial charge in [0.05, 0.1) is 11.3 Å². The van der Waals surface area contributed by atoms with Crippen LogP contribution in [0.4, 0.5) is 5.82 Å². The monoisotopic (exact) mass is 369 g/mol. The van der Waals surface area contributed by atoms with E-state index >= 15 is 0 Å². The third-order valence-electron chi connectivity index (χ3n) is 4.05. The van der Waals surface area contributed by atoms with Crippen molar-refractivity contribution in [1.82, 2.24) is 15.3 Å². The Hall–Kier alpha value is -1.44. The van der Waals surface area contributed by atoms with Crippen LogP contribution in [0.5, 0.6) is 0 Å². The lowest BCUT2D eigenvalue weighted by Gasteiger charge is -2.33. The lowest BCUT2D eigenvalue weighted by molar-refractivity contribution is -0.125. The van der Waals surface area contributed by atoms with Gasteiger partial charge in [-0.2, -0.15) is 0 Å². The fraction of sp³-hybridized carbons (Fsp3) is 0.562. The first kappa shape index (κ1) is 18.9. The van der Waals surface area contributed by atoms with E-state index in [1.165, 1.54) is 0 Å². The number of nitrogens with two attached hydrogens (primary N) is 1. The normalized spacial score (nSPS) is 18.3. The van der Waals surface area contributed by atoms with Crippen molar-refractivity contribution in [3.8, 4) is 0 Å². The van der Waals surface area contributed by atoms with Crippen molar-refractivity contribution in [3.05, 3.63) is 17.8 Å². The summed E-state index contributed by atoms with van der Waals surface area (Å²) in [6.07, 6.45) is 3.50. The van der Waals surface area contributed by atoms with Crippen molar-refractivity contribution in [2.75, 3.05) is 24.5 Å². The molecule has 24 heavy (non-hydrogen) atoms. The predicted octanol–water partition coefficient (Wildman–Crippen LogP) is 2.18. The molecule has 0 aromatic carbocycles. The molecule has 2 aromatic rings. The number of nitrogens with zero attached hydrogens (tertiary/aromatic N) is 3. The van der Waals surface area contributed by atoms with Gasteiger partial charge in [-0.05, 0) is 38.1 Å². The number of hydrogen-bond acceptors (Lipinski definition) is 6. The molecule has 0 aliphatic carbocycles. The van der Waals surface area contributed by atoms with E-state index in [0.29, 0.717) is 13.1 Å². The van der Waals surface area contributed by atoms with Crippen molar-refractivity contribution in [3.63, 3.8) is 0 Å². The summed E-state index contributed by atoms with van der Waals surface area (Å²) in [6.45, 7) is 5.93. The van der Waals surface area contributed by atoms with Crippen LogP contribution in [0.25, 0.3) is 10.2 Å². The summed E-state index contributed by atoms with van der Waals surface area (Å²) in [6, 6.07) is 2.05. The molecule has 132 valence electrons. The molecule has 1 fully saturated rings. The molecule has 3 heterocycles. The van der Waals surface area contributed by atoms with Gasteiger partial charge in [0.1, 0.15) is 17.0 Å². The fourth-order valence-electron chi connectivity index (χ4n) is 2.87. The van der Waals surface area contributed by atoms with Crippen LogP contribution in [-0.2, 0) is 4.79 Å². The Morgan fingerprint density at radius 3 is 3.04 bits per heavy atom. The number of amides is 1. The molecule has 1 aliphatic heterocycles. The first-order chi connectivity index (χ1) is 10.9.